The summed E-state index contributed by atoms with van der Waals surface area (Å²) in [6.07, 6.45) is 2.46. The van der Waals surface area contributed by atoms with Crippen LogP contribution in [0.15, 0.2) is 12.1 Å². The maximum Gasteiger partial charge on any atom is 0.231 e. The van der Waals surface area contributed by atoms with Crippen molar-refractivity contribution in [2.45, 2.75) is 6.42 Å². The number of hydrogen-bond donors (Lipinski definition) is 0. The molecule has 1 aliphatic rings. The smallest absolute Gasteiger partial charge is 0.231 e. The van der Waals surface area contributed by atoms with Gasteiger partial charge in [0, 0.05) is 6.42 Å². The third-order valence-electron chi connectivity index (χ3n) is 0.737. The molecule has 0 bridgehead atoms. The topological polar surface area (TPSA) is 17.1 Å². The molecular formula is C4H4BO. The Morgan fingerprint density at radius 1 is 1.83 bits per heavy atom. The molecule has 0 aromatic rings. The first-order valence-electron chi connectivity index (χ1n) is 1.92. The van der Waals surface area contributed by atoms with Crippen molar-refractivity contribution in [3.8, 4) is 0 Å². The van der Waals surface area contributed by atoms with E-state index in [1.807, 2.05) is 6.08 Å². The van der Waals surface area contributed by atoms with Crippen LogP contribution in [0.2, 0.25) is 0 Å². The summed E-state index contributed by atoms with van der Waals surface area (Å²) in [6, 6.07) is 0. The van der Waals surface area contributed by atoms with E-state index in [0.29, 0.717) is 6.42 Å². The van der Waals surface area contributed by atoms with Gasteiger partial charge in [-0.1, -0.05) is 6.08 Å². The van der Waals surface area contributed by atoms with Crippen LogP contribution in [0.1, 0.15) is 6.42 Å². The Hall–Kier alpha value is -0.525. The molecule has 1 radical (unpaired) electrons. The van der Waals surface area contributed by atoms with Gasteiger partial charge in [0.15, 0.2) is 0 Å². The first kappa shape index (κ1) is 3.66. The van der Waals surface area contributed by atoms with Crippen LogP contribution in [0.4, 0.5) is 0 Å². The lowest BCUT2D eigenvalue weighted by Gasteiger charge is -1.71. The monoisotopic (exact) mass is 79.0 g/mol. The highest BCUT2D eigenvalue weighted by atomic mass is 16.1. The number of rotatable bonds is 0. The zero-order valence-electron chi connectivity index (χ0n) is 3.35. The average Bonchev–Trinajstić information content (AvgIpc) is 1.86. The van der Waals surface area contributed by atoms with E-state index in [9.17, 15) is 4.79 Å². The largest absolute Gasteiger partial charge is 0.311 e. The van der Waals surface area contributed by atoms with Gasteiger partial charge in [0.1, 0.15) is 0 Å². The van der Waals surface area contributed by atoms with E-state index in [0.717, 1.165) is 0 Å². The zero-order chi connectivity index (χ0) is 4.41. The molecule has 0 fully saturated rings. The summed E-state index contributed by atoms with van der Waals surface area (Å²) in [5.74, 6) is 1.78. The molecule has 6 heavy (non-hydrogen) atoms. The van der Waals surface area contributed by atoms with Crippen molar-refractivity contribution in [2.75, 3.05) is 0 Å². The predicted molar refractivity (Wildman–Crippen MR) is 24.5 cm³/mol. The molecule has 1 nitrogen and oxygen atoms in total. The molecule has 0 aromatic carbocycles. The lowest BCUT2D eigenvalue weighted by Crippen LogP contribution is -1.96. The second kappa shape index (κ2) is 1.29. The first-order valence-corrected chi connectivity index (χ1v) is 1.92. The summed E-state index contributed by atoms with van der Waals surface area (Å²) in [6.45, 7) is 0. The number of carbonyl (C=O) groups excluding carboxylic acids is 1. The Kier molecular flexibility index (Phi) is 0.786. The predicted octanol–water partition coefficient (Wildman–Crippen LogP) is 0.135. The van der Waals surface area contributed by atoms with Gasteiger partial charge in [-0.15, -0.1) is 5.98 Å². The van der Waals surface area contributed by atoms with Crippen LogP contribution < -0.4 is 0 Å². The number of hydrogen-bond acceptors (Lipinski definition) is 1. The number of allylic oxidation sites excluding steroid dienone is 1. The van der Waals surface area contributed by atoms with Gasteiger partial charge in [-0.3, -0.25) is 0 Å². The van der Waals surface area contributed by atoms with E-state index in [1.165, 1.54) is 0 Å². The van der Waals surface area contributed by atoms with Crippen LogP contribution >= 0.6 is 0 Å². The summed E-state index contributed by atoms with van der Waals surface area (Å²) in [5.41, 5.74) is 0.218. The van der Waals surface area contributed by atoms with Gasteiger partial charge in [0.25, 0.3) is 0 Å². The van der Waals surface area contributed by atoms with Crippen molar-refractivity contribution in [2.24, 2.45) is 0 Å². The van der Waals surface area contributed by atoms with Gasteiger partial charge >= 0.3 is 0 Å². The highest BCUT2D eigenvalue weighted by molar-refractivity contribution is 6.79. The molecule has 29 valence electrons. The fraction of sp³-hybridized carbons (Fsp3) is 0.250. The molecule has 0 atom stereocenters. The Labute approximate surface area is 37.3 Å². The van der Waals surface area contributed by atoms with E-state index in [4.69, 9.17) is 0 Å². The first-order chi connectivity index (χ1) is 2.89. The zero-order valence-corrected chi connectivity index (χ0v) is 3.35. The van der Waals surface area contributed by atoms with Crippen molar-refractivity contribution in [1.82, 2.24) is 0 Å². The van der Waals surface area contributed by atoms with Crippen LogP contribution in [0, 0.1) is 0 Å². The van der Waals surface area contributed by atoms with Crippen LogP contribution in [-0.2, 0) is 4.79 Å². The lowest BCUT2D eigenvalue weighted by atomic mass is 9.78. The molecule has 1 rings (SSSR count). The fourth-order valence-corrected chi connectivity index (χ4v) is 0.428. The standard InChI is InChI=1S/C4H4BO/c6-4-2-1-3-5-4/h1,3H,2H2. The molecule has 1 heterocycles. The molecule has 0 aromatic heterocycles. The molecular weight excluding hydrogens is 74.9 g/mol. The molecule has 0 unspecified atom stereocenters. The quantitative estimate of drug-likeness (QED) is 0.377. The Morgan fingerprint density at radius 2 is 2.67 bits per heavy atom. The number of carbonyl (C=O) groups is 1. The maximum absolute atomic E-state index is 10.1. The van der Waals surface area contributed by atoms with Crippen LogP contribution in [0.3, 0.4) is 0 Å². The maximum atomic E-state index is 10.1. The van der Waals surface area contributed by atoms with Crippen molar-refractivity contribution in [3.63, 3.8) is 0 Å². The van der Waals surface area contributed by atoms with Crippen molar-refractivity contribution in [1.29, 1.82) is 0 Å². The summed E-state index contributed by atoms with van der Waals surface area (Å²) in [5, 5.41) is 0. The molecule has 0 saturated carbocycles. The normalized spacial score (nSPS) is 18.3. The lowest BCUT2D eigenvalue weighted by molar-refractivity contribution is -0.111. The minimum Gasteiger partial charge on any atom is -0.311 e. The molecule has 2 heteroatoms. The second-order valence-corrected chi connectivity index (χ2v) is 1.27. The minimum absolute atomic E-state index is 0.218. The summed E-state index contributed by atoms with van der Waals surface area (Å²) in [4.78, 5) is 10.1. The SMILES string of the molecule is O=C1[B]C=CC1. The van der Waals surface area contributed by atoms with Crippen molar-refractivity contribution in [3.05, 3.63) is 12.1 Å². The highest BCUT2D eigenvalue weighted by Crippen LogP contribution is 1.91. The fourth-order valence-electron chi connectivity index (χ4n) is 0.428. The van der Waals surface area contributed by atoms with Gasteiger partial charge in [0.05, 0.1) is 5.68 Å². The Morgan fingerprint density at radius 3 is 2.83 bits per heavy atom. The molecule has 0 amide bonds. The van der Waals surface area contributed by atoms with Gasteiger partial charge in [0.2, 0.25) is 7.28 Å². The van der Waals surface area contributed by atoms with E-state index in [-0.39, 0.29) is 5.68 Å². The second-order valence-electron chi connectivity index (χ2n) is 1.27. The summed E-state index contributed by atoms with van der Waals surface area (Å²) >= 11 is 0. The Balaban J connectivity index is 2.52. The minimum atomic E-state index is 0.218. The summed E-state index contributed by atoms with van der Waals surface area (Å²) in [7, 11) is 1.58. The summed E-state index contributed by atoms with van der Waals surface area (Å²) < 4.78 is 0. The van der Waals surface area contributed by atoms with E-state index >= 15 is 0 Å². The highest BCUT2D eigenvalue weighted by Gasteiger charge is 2.02. The third-order valence-corrected chi connectivity index (χ3v) is 0.737. The molecule has 0 N–H and O–H groups in total. The van der Waals surface area contributed by atoms with Gasteiger partial charge in [-0.05, 0) is 0 Å². The molecule has 0 aliphatic carbocycles. The Bertz CT molecular complexity index is 85.7. The van der Waals surface area contributed by atoms with Crippen molar-refractivity contribution >= 4 is 13.0 Å². The van der Waals surface area contributed by atoms with E-state index in [1.54, 1.807) is 13.3 Å². The molecule has 0 saturated heterocycles. The molecule has 1 aliphatic heterocycles. The van der Waals surface area contributed by atoms with Gasteiger partial charge in [-0.2, -0.15) is 0 Å². The third kappa shape index (κ3) is 0.508. The van der Waals surface area contributed by atoms with Crippen molar-refractivity contribution < 1.29 is 4.79 Å². The average molecular weight is 78.9 g/mol. The van der Waals surface area contributed by atoms with Gasteiger partial charge in [-0.25, -0.2) is 0 Å². The van der Waals surface area contributed by atoms with E-state index < -0.39 is 0 Å². The van der Waals surface area contributed by atoms with Crippen LogP contribution in [-0.4, -0.2) is 13.0 Å². The van der Waals surface area contributed by atoms with E-state index in [2.05, 4.69) is 0 Å². The van der Waals surface area contributed by atoms with Gasteiger partial charge < -0.3 is 4.79 Å². The molecule has 0 spiro atoms. The van der Waals surface area contributed by atoms with Crippen LogP contribution in [0.5, 0.6) is 0 Å². The van der Waals surface area contributed by atoms with Crippen LogP contribution in [0.25, 0.3) is 0 Å².